The maximum absolute atomic E-state index is 6.21. The highest BCUT2D eigenvalue weighted by Gasteiger charge is 2.16. The molecule has 2 N–H and O–H groups in total. The maximum atomic E-state index is 6.21. The molecule has 0 saturated carbocycles. The molecular weight excluding hydrogens is 442 g/mol. The average molecular weight is 466 g/mol. The third kappa shape index (κ3) is 5.05. The Bertz CT molecular complexity index is 1270. The number of rotatable bonds is 6. The maximum Gasteiger partial charge on any atom is 0.154 e. The van der Waals surface area contributed by atoms with Crippen molar-refractivity contribution in [2.45, 2.75) is 20.0 Å². The van der Waals surface area contributed by atoms with Crippen molar-refractivity contribution in [2.24, 2.45) is 0 Å². The van der Waals surface area contributed by atoms with E-state index in [0.29, 0.717) is 41.6 Å². The van der Waals surface area contributed by atoms with E-state index in [0.717, 1.165) is 35.4 Å². The highest BCUT2D eigenvalue weighted by molar-refractivity contribution is 6.29. The molecule has 1 aliphatic heterocycles. The first kappa shape index (κ1) is 21.6. The van der Waals surface area contributed by atoms with E-state index in [2.05, 4.69) is 30.7 Å². The SMILES string of the molecule is Cc1cc(Nc2cc3cc(-c4cc(Cl)ncc4OC[C@@H]4CNCCO4)ccn3n2)nc(C)n1. The van der Waals surface area contributed by atoms with Crippen LogP contribution in [0.4, 0.5) is 11.6 Å². The molecule has 170 valence electrons. The van der Waals surface area contributed by atoms with Crippen LogP contribution in [0.2, 0.25) is 5.15 Å². The van der Waals surface area contributed by atoms with Crippen LogP contribution in [0.15, 0.2) is 42.7 Å². The lowest BCUT2D eigenvalue weighted by Gasteiger charge is -2.24. The molecule has 0 spiro atoms. The molecule has 1 fully saturated rings. The van der Waals surface area contributed by atoms with Gasteiger partial charge < -0.3 is 20.1 Å². The number of hydrogen-bond donors (Lipinski definition) is 2. The summed E-state index contributed by atoms with van der Waals surface area (Å²) in [5, 5.41) is 11.6. The molecule has 1 saturated heterocycles. The van der Waals surface area contributed by atoms with Crippen molar-refractivity contribution in [2.75, 3.05) is 31.6 Å². The molecule has 0 unspecified atom stereocenters. The topological polar surface area (TPSA) is 98.5 Å². The van der Waals surface area contributed by atoms with Gasteiger partial charge in [0.05, 0.1) is 18.3 Å². The molecular formula is C23H24ClN7O2. The third-order valence-electron chi connectivity index (χ3n) is 5.26. The Kier molecular flexibility index (Phi) is 6.08. The molecule has 9 nitrogen and oxygen atoms in total. The van der Waals surface area contributed by atoms with Crippen LogP contribution in [0.5, 0.6) is 5.75 Å². The molecule has 4 aromatic heterocycles. The molecule has 1 aliphatic rings. The van der Waals surface area contributed by atoms with E-state index in [-0.39, 0.29) is 6.10 Å². The van der Waals surface area contributed by atoms with Crippen LogP contribution in [0.1, 0.15) is 11.5 Å². The van der Waals surface area contributed by atoms with Crippen molar-refractivity contribution >= 4 is 28.8 Å². The van der Waals surface area contributed by atoms with Gasteiger partial charge in [-0.05, 0) is 37.6 Å². The molecule has 5 rings (SSSR count). The summed E-state index contributed by atoms with van der Waals surface area (Å²) >= 11 is 6.21. The highest BCUT2D eigenvalue weighted by atomic mass is 35.5. The van der Waals surface area contributed by atoms with Crippen LogP contribution >= 0.6 is 11.6 Å². The number of halogens is 1. The summed E-state index contributed by atoms with van der Waals surface area (Å²) in [6, 6.07) is 9.66. The number of fused-ring (bicyclic) bond motifs is 1. The van der Waals surface area contributed by atoms with E-state index < -0.39 is 0 Å². The van der Waals surface area contributed by atoms with E-state index in [1.54, 1.807) is 10.7 Å². The number of hydrogen-bond acceptors (Lipinski definition) is 8. The molecule has 33 heavy (non-hydrogen) atoms. The van der Waals surface area contributed by atoms with E-state index in [1.807, 2.05) is 50.4 Å². The fourth-order valence-corrected chi connectivity index (χ4v) is 3.96. The summed E-state index contributed by atoms with van der Waals surface area (Å²) in [6.45, 7) is 6.55. The van der Waals surface area contributed by atoms with Crippen LogP contribution in [-0.2, 0) is 4.74 Å². The van der Waals surface area contributed by atoms with Crippen LogP contribution in [0, 0.1) is 13.8 Å². The molecule has 0 bridgehead atoms. The van der Waals surface area contributed by atoms with Crippen LogP contribution in [0.3, 0.4) is 0 Å². The quantitative estimate of drug-likeness (QED) is 0.417. The number of anilines is 2. The fourth-order valence-electron chi connectivity index (χ4n) is 3.80. The zero-order valence-corrected chi connectivity index (χ0v) is 19.1. The number of nitrogens with one attached hydrogen (secondary N) is 2. The number of nitrogens with zero attached hydrogens (tertiary/aromatic N) is 5. The minimum atomic E-state index is 0.00212. The van der Waals surface area contributed by atoms with Crippen molar-refractivity contribution in [3.05, 3.63) is 59.4 Å². The molecule has 0 aliphatic carbocycles. The zero-order chi connectivity index (χ0) is 22.8. The van der Waals surface area contributed by atoms with Gasteiger partial charge in [-0.2, -0.15) is 5.10 Å². The largest absolute Gasteiger partial charge is 0.489 e. The first-order chi connectivity index (χ1) is 16.0. The summed E-state index contributed by atoms with van der Waals surface area (Å²) in [5.74, 6) is 2.76. The Labute approximate surface area is 196 Å². The van der Waals surface area contributed by atoms with Gasteiger partial charge in [-0.1, -0.05) is 11.6 Å². The number of morpholine rings is 1. The number of aromatic nitrogens is 5. The van der Waals surface area contributed by atoms with Gasteiger partial charge in [-0.15, -0.1) is 0 Å². The fraction of sp³-hybridized carbons (Fsp3) is 0.304. The lowest BCUT2D eigenvalue weighted by molar-refractivity contribution is 0.000250. The predicted molar refractivity (Wildman–Crippen MR) is 126 cm³/mol. The summed E-state index contributed by atoms with van der Waals surface area (Å²) in [7, 11) is 0. The van der Waals surface area contributed by atoms with Crippen LogP contribution in [0.25, 0.3) is 16.6 Å². The molecule has 0 radical (unpaired) electrons. The molecule has 10 heteroatoms. The average Bonchev–Trinajstić information content (AvgIpc) is 3.19. The van der Waals surface area contributed by atoms with Crippen molar-refractivity contribution in [1.82, 2.24) is 29.9 Å². The van der Waals surface area contributed by atoms with Crippen molar-refractivity contribution < 1.29 is 9.47 Å². The summed E-state index contributed by atoms with van der Waals surface area (Å²) in [6.07, 6.45) is 3.56. The lowest BCUT2D eigenvalue weighted by Crippen LogP contribution is -2.41. The van der Waals surface area contributed by atoms with Crippen molar-refractivity contribution in [3.63, 3.8) is 0 Å². The van der Waals surface area contributed by atoms with Gasteiger partial charge >= 0.3 is 0 Å². The van der Waals surface area contributed by atoms with Crippen LogP contribution in [-0.4, -0.2) is 57.0 Å². The number of pyridine rings is 2. The lowest BCUT2D eigenvalue weighted by atomic mass is 10.1. The normalized spacial score (nSPS) is 16.2. The van der Waals surface area contributed by atoms with Gasteiger partial charge in [0.15, 0.2) is 5.82 Å². The van der Waals surface area contributed by atoms with E-state index >= 15 is 0 Å². The monoisotopic (exact) mass is 465 g/mol. The summed E-state index contributed by atoms with van der Waals surface area (Å²) in [5.41, 5.74) is 3.62. The van der Waals surface area contributed by atoms with E-state index in [9.17, 15) is 0 Å². The van der Waals surface area contributed by atoms with Crippen molar-refractivity contribution in [3.8, 4) is 16.9 Å². The predicted octanol–water partition coefficient (Wildman–Crippen LogP) is 3.57. The minimum Gasteiger partial charge on any atom is -0.489 e. The van der Waals surface area contributed by atoms with Crippen molar-refractivity contribution in [1.29, 1.82) is 0 Å². The molecule has 1 atom stereocenters. The van der Waals surface area contributed by atoms with Gasteiger partial charge in [0.1, 0.15) is 35.3 Å². The van der Waals surface area contributed by atoms with Gasteiger partial charge in [-0.25, -0.2) is 19.5 Å². The van der Waals surface area contributed by atoms with Gasteiger partial charge in [-0.3, -0.25) is 0 Å². The molecule has 4 aromatic rings. The standard InChI is InChI=1S/C23H24ClN7O2/c1-14-7-22(28-15(2)27-14)29-23-9-17-8-16(3-5-31(17)30-23)19-10-21(24)26-12-20(19)33-13-18-11-25-4-6-32-18/h3,5,7-10,12,18,25H,4,6,11,13H2,1-2H3,(H,27,28,29,30)/t18-/m0/s1. The first-order valence-corrected chi connectivity index (χ1v) is 11.1. The molecule has 0 aromatic carbocycles. The second kappa shape index (κ2) is 9.30. The Morgan fingerprint density at radius 1 is 1.21 bits per heavy atom. The summed E-state index contributed by atoms with van der Waals surface area (Å²) in [4.78, 5) is 12.9. The number of ether oxygens (including phenoxy) is 2. The Hall–Kier alpha value is -3.27. The van der Waals surface area contributed by atoms with Gasteiger partial charge in [0.25, 0.3) is 0 Å². The Morgan fingerprint density at radius 3 is 2.94 bits per heavy atom. The Balaban J connectivity index is 1.40. The van der Waals surface area contributed by atoms with Crippen LogP contribution < -0.4 is 15.4 Å². The van der Waals surface area contributed by atoms with Gasteiger partial charge in [0, 0.05) is 42.7 Å². The molecule has 0 amide bonds. The summed E-state index contributed by atoms with van der Waals surface area (Å²) < 4.78 is 13.6. The highest BCUT2D eigenvalue weighted by Crippen LogP contribution is 2.32. The van der Waals surface area contributed by atoms with Gasteiger partial charge in [0.2, 0.25) is 0 Å². The third-order valence-corrected chi connectivity index (χ3v) is 5.47. The van der Waals surface area contributed by atoms with E-state index in [4.69, 9.17) is 21.1 Å². The van der Waals surface area contributed by atoms with E-state index in [1.165, 1.54) is 0 Å². The Morgan fingerprint density at radius 2 is 2.12 bits per heavy atom. The number of aryl methyl sites for hydroxylation is 2. The minimum absolute atomic E-state index is 0.00212. The second-order valence-electron chi connectivity index (χ2n) is 7.89. The zero-order valence-electron chi connectivity index (χ0n) is 18.4. The smallest absolute Gasteiger partial charge is 0.154 e. The second-order valence-corrected chi connectivity index (χ2v) is 8.28. The molecule has 5 heterocycles. The first-order valence-electron chi connectivity index (χ1n) is 10.7.